The topological polar surface area (TPSA) is 151 Å². The highest BCUT2D eigenvalue weighted by atomic mass is 16.5. The number of methoxy groups -OCH3 is 1. The molecule has 0 saturated heterocycles. The maximum Gasteiger partial charge on any atom is 0.342 e. The number of H-pyrrole nitrogens is 2. The zero-order valence-corrected chi connectivity index (χ0v) is 15.7. The highest BCUT2D eigenvalue weighted by molar-refractivity contribution is 5.86. The zero-order chi connectivity index (χ0) is 20.5. The van der Waals surface area contributed by atoms with E-state index in [1.807, 2.05) is 11.9 Å². The van der Waals surface area contributed by atoms with Crippen molar-refractivity contribution >= 4 is 17.9 Å². The Kier molecular flexibility index (Phi) is 7.31. The Morgan fingerprint density at radius 2 is 2.14 bits per heavy atom. The summed E-state index contributed by atoms with van der Waals surface area (Å²) in [5.74, 6) is 0.501. The summed E-state index contributed by atoms with van der Waals surface area (Å²) in [7, 11) is 1.54. The molecule has 2 aromatic rings. The fraction of sp³-hybridized carbons (Fsp3) is 0.353. The number of ether oxygens (including phenoxy) is 2. The van der Waals surface area contributed by atoms with Crippen LogP contribution in [0.4, 0.5) is 5.82 Å². The number of aromatic nitrogens is 3. The normalized spacial score (nSPS) is 11.8. The molecular formula is C17H22N6O5. The quantitative estimate of drug-likeness (QED) is 0.353. The van der Waals surface area contributed by atoms with Crippen LogP contribution in [0.2, 0.25) is 0 Å². The molecule has 0 aliphatic carbocycles. The van der Waals surface area contributed by atoms with Crippen molar-refractivity contribution in [2.75, 3.05) is 19.0 Å². The summed E-state index contributed by atoms with van der Waals surface area (Å²) in [5, 5.41) is 12.1. The van der Waals surface area contributed by atoms with Crippen LogP contribution in [0, 0.1) is 0 Å². The van der Waals surface area contributed by atoms with E-state index in [4.69, 9.17) is 9.47 Å². The number of nitrogens with zero attached hydrogens (tertiary/aromatic N) is 2. The van der Waals surface area contributed by atoms with Gasteiger partial charge >= 0.3 is 5.69 Å². The second kappa shape index (κ2) is 9.90. The van der Waals surface area contributed by atoms with Crippen molar-refractivity contribution in [3.8, 4) is 11.5 Å². The first kappa shape index (κ1) is 20.7. The minimum Gasteiger partial charge on any atom is -0.493 e. The summed E-state index contributed by atoms with van der Waals surface area (Å²) in [4.78, 5) is 36.6. The summed E-state index contributed by atoms with van der Waals surface area (Å²) in [6, 6.07) is 4.44. The number of hydrogen-bond acceptors (Lipinski definition) is 8. The van der Waals surface area contributed by atoms with Crippen LogP contribution in [0.5, 0.6) is 11.5 Å². The number of anilines is 1. The van der Waals surface area contributed by atoms with E-state index in [1.54, 1.807) is 18.2 Å². The van der Waals surface area contributed by atoms with Crippen molar-refractivity contribution in [3.63, 3.8) is 0 Å². The van der Waals surface area contributed by atoms with Crippen molar-refractivity contribution in [3.05, 3.63) is 44.6 Å². The lowest BCUT2D eigenvalue weighted by Crippen LogP contribution is -2.38. The minimum atomic E-state index is -0.823. The van der Waals surface area contributed by atoms with E-state index in [0.29, 0.717) is 23.7 Å². The molecule has 0 fully saturated rings. The van der Waals surface area contributed by atoms with Gasteiger partial charge in [-0.05, 0) is 37.1 Å². The molecule has 0 spiro atoms. The third-order valence-electron chi connectivity index (χ3n) is 3.50. The average Bonchev–Trinajstić information content (AvgIpc) is 2.68. The number of hydrazone groups is 1. The van der Waals surface area contributed by atoms with Gasteiger partial charge in [0, 0.05) is 0 Å². The average molecular weight is 390 g/mol. The molecule has 11 nitrogen and oxygen atoms in total. The number of benzene rings is 1. The van der Waals surface area contributed by atoms with E-state index >= 15 is 0 Å². The Balaban J connectivity index is 1.96. The predicted octanol–water partition coefficient (Wildman–Crippen LogP) is 0.206. The van der Waals surface area contributed by atoms with Crippen LogP contribution >= 0.6 is 0 Å². The van der Waals surface area contributed by atoms with Crippen molar-refractivity contribution in [1.82, 2.24) is 20.6 Å². The molecule has 11 heteroatoms. The first-order valence-electron chi connectivity index (χ1n) is 8.54. The maximum atomic E-state index is 12.1. The molecule has 0 unspecified atom stereocenters. The molecule has 2 rings (SSSR count). The van der Waals surface area contributed by atoms with Crippen molar-refractivity contribution in [2.45, 2.75) is 26.3 Å². The smallest absolute Gasteiger partial charge is 0.342 e. The molecular weight excluding hydrogens is 368 g/mol. The van der Waals surface area contributed by atoms with Crippen LogP contribution < -0.4 is 31.5 Å². The summed E-state index contributed by atoms with van der Waals surface area (Å²) in [6.07, 6.45) is 2.33. The number of carbonyl (C=O) groups is 1. The fourth-order valence-corrected chi connectivity index (χ4v) is 2.08. The third kappa shape index (κ3) is 5.69. The van der Waals surface area contributed by atoms with Gasteiger partial charge in [-0.1, -0.05) is 6.92 Å². The van der Waals surface area contributed by atoms with Gasteiger partial charge < -0.3 is 14.8 Å². The van der Waals surface area contributed by atoms with Gasteiger partial charge in [0.1, 0.15) is 6.04 Å². The second-order valence-electron chi connectivity index (χ2n) is 5.71. The van der Waals surface area contributed by atoms with E-state index in [-0.39, 0.29) is 5.82 Å². The summed E-state index contributed by atoms with van der Waals surface area (Å²) in [6.45, 7) is 4.10. The van der Waals surface area contributed by atoms with Gasteiger partial charge in [-0.3, -0.25) is 14.6 Å². The number of aromatic amines is 2. The first-order valence-corrected chi connectivity index (χ1v) is 8.54. The van der Waals surface area contributed by atoms with Gasteiger partial charge in [0.25, 0.3) is 11.5 Å². The molecule has 1 heterocycles. The van der Waals surface area contributed by atoms with Gasteiger partial charge in [-0.15, -0.1) is 5.10 Å². The highest BCUT2D eigenvalue weighted by Crippen LogP contribution is 2.27. The molecule has 1 amide bonds. The number of nitrogens with one attached hydrogen (secondary N) is 4. The standard InChI is InChI=1S/C17H22N6O5/c1-4-7-28-12-6-5-11(8-13(12)27-3)9-18-22-15(24)10(2)19-14-16(25)20-17(26)23-21-14/h5-6,8-10H,4,7H2,1-3H3,(H,19,21)(H,22,24)(H2,20,23,25,26)/t10-/m1/s1. The van der Waals surface area contributed by atoms with Gasteiger partial charge in [0.2, 0.25) is 5.82 Å². The Hall–Kier alpha value is -3.63. The first-order chi connectivity index (χ1) is 13.4. The van der Waals surface area contributed by atoms with Gasteiger partial charge in [0.05, 0.1) is 19.9 Å². The van der Waals surface area contributed by atoms with E-state index in [1.165, 1.54) is 20.2 Å². The number of amides is 1. The third-order valence-corrected chi connectivity index (χ3v) is 3.50. The van der Waals surface area contributed by atoms with Gasteiger partial charge in [0.15, 0.2) is 11.5 Å². The van der Waals surface area contributed by atoms with Crippen molar-refractivity contribution in [2.24, 2.45) is 5.10 Å². The van der Waals surface area contributed by atoms with E-state index in [9.17, 15) is 14.4 Å². The van der Waals surface area contributed by atoms with Crippen LogP contribution in [0.15, 0.2) is 32.9 Å². The number of rotatable bonds is 9. The molecule has 4 N–H and O–H groups in total. The number of carbonyl (C=O) groups excluding carboxylic acids is 1. The molecule has 0 saturated carbocycles. The van der Waals surface area contributed by atoms with Crippen molar-refractivity contribution in [1.29, 1.82) is 0 Å². The molecule has 0 radical (unpaired) electrons. The van der Waals surface area contributed by atoms with Gasteiger partial charge in [-0.25, -0.2) is 15.3 Å². The summed E-state index contributed by atoms with van der Waals surface area (Å²) >= 11 is 0. The lowest BCUT2D eigenvalue weighted by molar-refractivity contribution is -0.121. The van der Waals surface area contributed by atoms with Crippen LogP contribution in [-0.2, 0) is 4.79 Å². The molecule has 150 valence electrons. The molecule has 1 aromatic heterocycles. The second-order valence-corrected chi connectivity index (χ2v) is 5.71. The van der Waals surface area contributed by atoms with Crippen LogP contribution in [-0.4, -0.2) is 47.1 Å². The van der Waals surface area contributed by atoms with Crippen LogP contribution in [0.1, 0.15) is 25.8 Å². The monoisotopic (exact) mass is 390 g/mol. The molecule has 0 aliphatic heterocycles. The fourth-order valence-electron chi connectivity index (χ4n) is 2.08. The molecule has 1 aromatic carbocycles. The Bertz CT molecular complexity index is 952. The molecule has 28 heavy (non-hydrogen) atoms. The lowest BCUT2D eigenvalue weighted by atomic mass is 10.2. The van der Waals surface area contributed by atoms with Gasteiger partial charge in [-0.2, -0.15) is 5.10 Å². The largest absolute Gasteiger partial charge is 0.493 e. The minimum absolute atomic E-state index is 0.182. The summed E-state index contributed by atoms with van der Waals surface area (Å²) in [5.41, 5.74) is 1.58. The molecule has 1 atom stereocenters. The zero-order valence-electron chi connectivity index (χ0n) is 15.7. The molecule has 0 bridgehead atoms. The van der Waals surface area contributed by atoms with E-state index in [0.717, 1.165) is 6.42 Å². The van der Waals surface area contributed by atoms with Crippen LogP contribution in [0.25, 0.3) is 0 Å². The van der Waals surface area contributed by atoms with Crippen molar-refractivity contribution < 1.29 is 14.3 Å². The van der Waals surface area contributed by atoms with E-state index < -0.39 is 23.2 Å². The predicted molar refractivity (Wildman–Crippen MR) is 103 cm³/mol. The van der Waals surface area contributed by atoms with Crippen LogP contribution in [0.3, 0.4) is 0 Å². The Morgan fingerprint density at radius 3 is 2.82 bits per heavy atom. The Labute approximate surface area is 160 Å². The lowest BCUT2D eigenvalue weighted by Gasteiger charge is -2.11. The molecule has 0 aliphatic rings. The highest BCUT2D eigenvalue weighted by Gasteiger charge is 2.14. The van der Waals surface area contributed by atoms with E-state index in [2.05, 4.69) is 26.0 Å². The maximum absolute atomic E-state index is 12.1. The Morgan fingerprint density at radius 1 is 1.36 bits per heavy atom. The number of hydrogen-bond donors (Lipinski definition) is 4. The summed E-state index contributed by atoms with van der Waals surface area (Å²) < 4.78 is 10.9. The SMILES string of the molecule is CCCOc1ccc(C=NNC(=O)[C@@H](C)Nc2n[nH]c(=O)[nH]c2=O)cc1OC.